The number of amides is 2. The number of hydrogen-bond donors (Lipinski definition) is 3. The smallest absolute Gasteiger partial charge is 0.387 e. The Morgan fingerprint density at radius 2 is 2.08 bits per heavy atom. The number of urea groups is 1. The lowest BCUT2D eigenvalue weighted by Crippen LogP contribution is -2.30. The molecule has 4 aromatic rings. The second-order valence-corrected chi connectivity index (χ2v) is 8.11. The summed E-state index contributed by atoms with van der Waals surface area (Å²) in [6.45, 7) is -1.92. The SMILES string of the molecule is COc1ccc(NC(=O)NCCC2CN(c3ncnc4[nH]ncc34)c3ccccc32)cc1OC(F)F. The van der Waals surface area contributed by atoms with Crippen LogP contribution in [-0.4, -0.2) is 53.0 Å². The third kappa shape index (κ3) is 4.69. The zero-order chi connectivity index (χ0) is 25.1. The number of aromatic amines is 1. The Labute approximate surface area is 204 Å². The number of alkyl halides is 2. The number of rotatable bonds is 8. The van der Waals surface area contributed by atoms with Crippen LogP contribution in [0.25, 0.3) is 11.0 Å². The summed E-state index contributed by atoms with van der Waals surface area (Å²) in [6.07, 6.45) is 3.90. The van der Waals surface area contributed by atoms with Gasteiger partial charge in [0.1, 0.15) is 12.1 Å². The zero-order valence-electron chi connectivity index (χ0n) is 19.2. The molecule has 0 spiro atoms. The number of fused-ring (bicyclic) bond motifs is 2. The molecule has 0 fully saturated rings. The number of halogens is 2. The highest BCUT2D eigenvalue weighted by Crippen LogP contribution is 2.42. The summed E-state index contributed by atoms with van der Waals surface area (Å²) in [4.78, 5) is 23.3. The molecule has 10 nitrogen and oxygen atoms in total. The lowest BCUT2D eigenvalue weighted by atomic mass is 9.98. The number of carbonyl (C=O) groups is 1. The van der Waals surface area contributed by atoms with E-state index < -0.39 is 12.6 Å². The average Bonchev–Trinajstić information content (AvgIpc) is 3.49. The van der Waals surface area contributed by atoms with E-state index in [0.717, 1.165) is 16.9 Å². The molecule has 0 saturated heterocycles. The molecule has 3 heterocycles. The maximum atomic E-state index is 12.7. The summed E-state index contributed by atoms with van der Waals surface area (Å²) in [5.41, 5.74) is 3.19. The Morgan fingerprint density at radius 1 is 1.22 bits per heavy atom. The van der Waals surface area contributed by atoms with Gasteiger partial charge in [0.2, 0.25) is 0 Å². The fraction of sp³-hybridized carbons (Fsp3) is 0.250. The summed E-state index contributed by atoms with van der Waals surface area (Å²) < 4.78 is 34.8. The molecule has 2 aromatic carbocycles. The highest BCUT2D eigenvalue weighted by atomic mass is 19.3. The van der Waals surface area contributed by atoms with E-state index >= 15 is 0 Å². The van der Waals surface area contributed by atoms with Crippen molar-refractivity contribution < 1.29 is 23.0 Å². The van der Waals surface area contributed by atoms with Crippen molar-refractivity contribution in [2.45, 2.75) is 19.0 Å². The Morgan fingerprint density at radius 3 is 2.92 bits per heavy atom. The molecule has 0 aliphatic carbocycles. The lowest BCUT2D eigenvalue weighted by Gasteiger charge is -2.19. The number of hydrogen-bond acceptors (Lipinski definition) is 7. The van der Waals surface area contributed by atoms with E-state index in [2.05, 4.69) is 46.5 Å². The molecule has 1 aliphatic heterocycles. The number of nitrogens with zero attached hydrogens (tertiary/aromatic N) is 4. The van der Waals surface area contributed by atoms with Crippen molar-refractivity contribution in [3.63, 3.8) is 0 Å². The molecule has 36 heavy (non-hydrogen) atoms. The molecule has 3 N–H and O–H groups in total. The van der Waals surface area contributed by atoms with Gasteiger partial charge < -0.3 is 25.0 Å². The van der Waals surface area contributed by atoms with E-state index in [1.54, 1.807) is 12.3 Å². The molecule has 2 aromatic heterocycles. The summed E-state index contributed by atoms with van der Waals surface area (Å²) >= 11 is 0. The van der Waals surface area contributed by atoms with Crippen LogP contribution in [0, 0.1) is 0 Å². The van der Waals surface area contributed by atoms with E-state index in [9.17, 15) is 13.6 Å². The van der Waals surface area contributed by atoms with Crippen molar-refractivity contribution in [1.82, 2.24) is 25.5 Å². The van der Waals surface area contributed by atoms with E-state index in [-0.39, 0.29) is 17.4 Å². The second kappa shape index (κ2) is 10.0. The van der Waals surface area contributed by atoms with Crippen LogP contribution >= 0.6 is 0 Å². The number of ether oxygens (including phenoxy) is 2. The van der Waals surface area contributed by atoms with Crippen LogP contribution in [0.2, 0.25) is 0 Å². The minimum atomic E-state index is -3.01. The summed E-state index contributed by atoms with van der Waals surface area (Å²) in [5.74, 6) is 0.910. The summed E-state index contributed by atoms with van der Waals surface area (Å²) in [5, 5.41) is 13.2. The number of methoxy groups -OCH3 is 1. The number of carbonyl (C=O) groups excluding carboxylic acids is 1. The van der Waals surface area contributed by atoms with Gasteiger partial charge in [-0.1, -0.05) is 18.2 Å². The molecular formula is C24H23F2N7O3. The van der Waals surface area contributed by atoms with E-state index in [4.69, 9.17) is 4.74 Å². The Hall–Kier alpha value is -4.48. The normalized spacial score (nSPS) is 14.7. The molecule has 0 radical (unpaired) electrons. The van der Waals surface area contributed by atoms with Gasteiger partial charge >= 0.3 is 12.6 Å². The van der Waals surface area contributed by atoms with Gasteiger partial charge in [0.15, 0.2) is 17.1 Å². The molecular weight excluding hydrogens is 472 g/mol. The predicted octanol–water partition coefficient (Wildman–Crippen LogP) is 4.41. The second-order valence-electron chi connectivity index (χ2n) is 8.11. The quantitative estimate of drug-likeness (QED) is 0.331. The standard InChI is InChI=1S/C24H23F2N7O3/c1-35-19-7-6-15(10-20(19)36-23(25)26)31-24(34)27-9-8-14-12-33(18-5-3-2-4-16(14)18)22-17-11-30-32-21(17)28-13-29-22/h2-7,10-11,13-14,23H,8-9,12H2,1H3,(H2,27,31,34)(H,28,29,30,32). The predicted molar refractivity (Wildman–Crippen MR) is 129 cm³/mol. The van der Waals surface area contributed by atoms with Gasteiger partial charge in [0.25, 0.3) is 0 Å². The van der Waals surface area contributed by atoms with Crippen molar-refractivity contribution in [2.24, 2.45) is 0 Å². The fourth-order valence-corrected chi connectivity index (χ4v) is 4.39. The van der Waals surface area contributed by atoms with Crippen molar-refractivity contribution in [2.75, 3.05) is 30.4 Å². The molecule has 2 amide bonds. The van der Waals surface area contributed by atoms with Crippen LogP contribution in [0.4, 0.5) is 30.8 Å². The van der Waals surface area contributed by atoms with Crippen LogP contribution in [0.5, 0.6) is 11.5 Å². The molecule has 5 rings (SSSR count). The summed E-state index contributed by atoms with van der Waals surface area (Å²) in [7, 11) is 1.35. The first-order valence-corrected chi connectivity index (χ1v) is 11.2. The first-order valence-electron chi connectivity index (χ1n) is 11.2. The van der Waals surface area contributed by atoms with Crippen molar-refractivity contribution in [3.8, 4) is 11.5 Å². The third-order valence-corrected chi connectivity index (χ3v) is 5.97. The van der Waals surface area contributed by atoms with E-state index in [1.165, 1.54) is 31.1 Å². The van der Waals surface area contributed by atoms with Gasteiger partial charge in [0, 0.05) is 36.4 Å². The highest BCUT2D eigenvalue weighted by Gasteiger charge is 2.31. The van der Waals surface area contributed by atoms with Crippen LogP contribution in [0.3, 0.4) is 0 Å². The van der Waals surface area contributed by atoms with Crippen molar-refractivity contribution in [3.05, 3.63) is 60.6 Å². The maximum absolute atomic E-state index is 12.7. The Bertz CT molecular complexity index is 1380. The first kappa shape index (κ1) is 23.3. The molecule has 1 aliphatic rings. The van der Waals surface area contributed by atoms with Crippen LogP contribution in [0.1, 0.15) is 17.9 Å². The van der Waals surface area contributed by atoms with E-state index in [1.807, 2.05) is 18.2 Å². The van der Waals surface area contributed by atoms with Crippen molar-refractivity contribution >= 4 is 34.3 Å². The van der Waals surface area contributed by atoms with Crippen molar-refractivity contribution in [1.29, 1.82) is 0 Å². The molecule has 186 valence electrons. The number of para-hydroxylation sites is 1. The third-order valence-electron chi connectivity index (χ3n) is 5.97. The number of benzene rings is 2. The fourth-order valence-electron chi connectivity index (χ4n) is 4.39. The number of H-pyrrole nitrogens is 1. The van der Waals surface area contributed by atoms with Gasteiger partial charge in [-0.15, -0.1) is 0 Å². The van der Waals surface area contributed by atoms with Gasteiger partial charge in [-0.05, 0) is 30.2 Å². The highest BCUT2D eigenvalue weighted by molar-refractivity contribution is 5.90. The molecule has 12 heteroatoms. The Balaban J connectivity index is 1.23. The Kier molecular flexibility index (Phi) is 6.48. The summed E-state index contributed by atoms with van der Waals surface area (Å²) in [6, 6.07) is 11.9. The lowest BCUT2D eigenvalue weighted by molar-refractivity contribution is -0.0511. The topological polar surface area (TPSA) is 117 Å². The molecule has 0 bridgehead atoms. The van der Waals surface area contributed by atoms with Crippen LogP contribution < -0.4 is 25.0 Å². The molecule has 0 saturated carbocycles. The largest absolute Gasteiger partial charge is 0.493 e. The van der Waals surface area contributed by atoms with Gasteiger partial charge in [0.05, 0.1) is 18.7 Å². The van der Waals surface area contributed by atoms with E-state index in [0.29, 0.717) is 30.8 Å². The minimum Gasteiger partial charge on any atom is -0.493 e. The average molecular weight is 495 g/mol. The number of anilines is 3. The van der Waals surface area contributed by atoms with Gasteiger partial charge in [-0.3, -0.25) is 5.10 Å². The maximum Gasteiger partial charge on any atom is 0.387 e. The minimum absolute atomic E-state index is 0.141. The van der Waals surface area contributed by atoms with Crippen LogP contribution in [-0.2, 0) is 0 Å². The zero-order valence-corrected chi connectivity index (χ0v) is 19.2. The van der Waals surface area contributed by atoms with Gasteiger partial charge in [-0.25, -0.2) is 14.8 Å². The monoisotopic (exact) mass is 495 g/mol. The molecule has 1 atom stereocenters. The number of nitrogens with one attached hydrogen (secondary N) is 3. The van der Waals surface area contributed by atoms with Crippen LogP contribution in [0.15, 0.2) is 55.0 Å². The van der Waals surface area contributed by atoms with Gasteiger partial charge in [-0.2, -0.15) is 13.9 Å². The first-order chi connectivity index (χ1) is 17.5. The molecule has 1 unspecified atom stereocenters. The number of aromatic nitrogens is 4.